The van der Waals surface area contributed by atoms with Gasteiger partial charge in [0.2, 0.25) is 0 Å². The molecule has 3 aromatic heterocycles. The molecule has 0 saturated carbocycles. The van der Waals surface area contributed by atoms with Crippen LogP contribution in [0.15, 0.2) is 40.4 Å². The molecule has 3 rings (SSSR count). The number of hydrogen-bond donors (Lipinski definition) is 0. The number of hydrogen-bond acceptors (Lipinski definition) is 5. The second-order valence-corrected chi connectivity index (χ2v) is 6.37. The van der Waals surface area contributed by atoms with Crippen molar-refractivity contribution in [3.05, 3.63) is 47.2 Å². The summed E-state index contributed by atoms with van der Waals surface area (Å²) in [4.78, 5) is 12.2. The maximum Gasteiger partial charge on any atom is 0.420 e. The Morgan fingerprint density at radius 3 is 2.78 bits per heavy atom. The summed E-state index contributed by atoms with van der Waals surface area (Å²) in [5.41, 5.74) is -0.248. The SMILES string of the molecule is CC(Sc1nccc(Cl)n1)c1cc2c(C(F)(F)F)coc2cn1. The number of rotatable bonds is 3. The quantitative estimate of drug-likeness (QED) is 0.368. The first-order chi connectivity index (χ1) is 10.8. The Morgan fingerprint density at radius 2 is 2.09 bits per heavy atom. The van der Waals surface area contributed by atoms with Crippen molar-refractivity contribution in [2.45, 2.75) is 23.5 Å². The third-order valence-electron chi connectivity index (χ3n) is 3.09. The molecule has 120 valence electrons. The smallest absolute Gasteiger partial charge is 0.420 e. The van der Waals surface area contributed by atoms with Crippen LogP contribution in [0.1, 0.15) is 23.4 Å². The molecule has 4 nitrogen and oxygen atoms in total. The highest BCUT2D eigenvalue weighted by Crippen LogP contribution is 2.38. The molecule has 0 spiro atoms. The summed E-state index contributed by atoms with van der Waals surface area (Å²) < 4.78 is 43.8. The second kappa shape index (κ2) is 6.01. The van der Waals surface area contributed by atoms with E-state index in [9.17, 15) is 13.2 Å². The first kappa shape index (κ1) is 16.1. The highest BCUT2D eigenvalue weighted by molar-refractivity contribution is 7.99. The lowest BCUT2D eigenvalue weighted by atomic mass is 10.1. The minimum atomic E-state index is -4.48. The fourth-order valence-corrected chi connectivity index (χ4v) is 3.01. The predicted molar refractivity (Wildman–Crippen MR) is 80.3 cm³/mol. The lowest BCUT2D eigenvalue weighted by molar-refractivity contribution is -0.136. The van der Waals surface area contributed by atoms with Gasteiger partial charge >= 0.3 is 6.18 Å². The Hall–Kier alpha value is -1.80. The minimum absolute atomic E-state index is 0.0121. The molecule has 1 atom stereocenters. The van der Waals surface area contributed by atoms with Crippen LogP contribution in [0.4, 0.5) is 13.2 Å². The zero-order valence-electron chi connectivity index (χ0n) is 11.6. The van der Waals surface area contributed by atoms with Crippen LogP contribution in [-0.2, 0) is 6.18 Å². The summed E-state index contributed by atoms with van der Waals surface area (Å²) >= 11 is 7.05. The summed E-state index contributed by atoms with van der Waals surface area (Å²) in [6.07, 6.45) is -0.973. The molecule has 3 heterocycles. The fourth-order valence-electron chi connectivity index (χ4n) is 1.99. The highest BCUT2D eigenvalue weighted by atomic mass is 35.5. The molecule has 0 N–H and O–H groups in total. The van der Waals surface area contributed by atoms with Crippen molar-refractivity contribution in [1.29, 1.82) is 0 Å². The predicted octanol–water partition coefficient (Wildman–Crippen LogP) is 5.14. The normalized spacial score (nSPS) is 13.4. The Morgan fingerprint density at radius 1 is 1.30 bits per heavy atom. The first-order valence-electron chi connectivity index (χ1n) is 6.44. The van der Waals surface area contributed by atoms with Crippen molar-refractivity contribution in [2.24, 2.45) is 0 Å². The van der Waals surface area contributed by atoms with E-state index in [1.165, 1.54) is 30.2 Å². The summed E-state index contributed by atoms with van der Waals surface area (Å²) in [6, 6.07) is 2.92. The molecule has 0 aromatic carbocycles. The van der Waals surface area contributed by atoms with Crippen molar-refractivity contribution in [1.82, 2.24) is 15.0 Å². The Labute approximate surface area is 138 Å². The van der Waals surface area contributed by atoms with Crippen molar-refractivity contribution >= 4 is 34.3 Å². The monoisotopic (exact) mass is 359 g/mol. The topological polar surface area (TPSA) is 51.8 Å². The number of alkyl halides is 3. The molecule has 0 bridgehead atoms. The van der Waals surface area contributed by atoms with Crippen LogP contribution in [0, 0.1) is 0 Å². The summed E-state index contributed by atoms with van der Waals surface area (Å²) in [5.74, 6) is 0. The Kier molecular flexibility index (Phi) is 4.20. The lowest BCUT2D eigenvalue weighted by Crippen LogP contribution is -2.04. The standard InChI is InChI=1S/C14H9ClF3N3OS/c1-7(23-13-19-3-2-12(15)21-13)10-4-8-9(14(16,17)18)6-22-11(8)5-20-10/h2-7H,1H3. The van der Waals surface area contributed by atoms with Gasteiger partial charge in [0.1, 0.15) is 17.0 Å². The fraction of sp³-hybridized carbons (Fsp3) is 0.214. The van der Waals surface area contributed by atoms with Crippen molar-refractivity contribution in [3.8, 4) is 0 Å². The first-order valence-corrected chi connectivity index (χ1v) is 7.70. The summed E-state index contributed by atoms with van der Waals surface area (Å²) in [6.45, 7) is 1.80. The molecule has 0 fully saturated rings. The van der Waals surface area contributed by atoms with Crippen LogP contribution in [0.3, 0.4) is 0 Å². The number of fused-ring (bicyclic) bond motifs is 1. The lowest BCUT2D eigenvalue weighted by Gasteiger charge is -2.10. The average molecular weight is 360 g/mol. The van der Waals surface area contributed by atoms with Gasteiger partial charge in [0.15, 0.2) is 10.7 Å². The van der Waals surface area contributed by atoms with Gasteiger partial charge in [-0.25, -0.2) is 9.97 Å². The van der Waals surface area contributed by atoms with E-state index in [1.807, 2.05) is 0 Å². The van der Waals surface area contributed by atoms with E-state index in [2.05, 4.69) is 15.0 Å². The maximum absolute atomic E-state index is 13.0. The maximum atomic E-state index is 13.0. The van der Waals surface area contributed by atoms with E-state index in [0.29, 0.717) is 22.3 Å². The summed E-state index contributed by atoms with van der Waals surface area (Å²) in [5, 5.41) is 0.457. The molecule has 0 radical (unpaired) electrons. The van der Waals surface area contributed by atoms with Gasteiger partial charge in [-0.2, -0.15) is 13.2 Å². The van der Waals surface area contributed by atoms with Crippen LogP contribution in [0.2, 0.25) is 5.15 Å². The molecule has 0 aliphatic heterocycles. The minimum Gasteiger partial charge on any atom is -0.462 e. The van der Waals surface area contributed by atoms with Gasteiger partial charge in [-0.3, -0.25) is 4.98 Å². The Bertz CT molecular complexity index is 853. The van der Waals surface area contributed by atoms with E-state index in [-0.39, 0.29) is 16.2 Å². The number of furan rings is 1. The number of nitrogens with zero attached hydrogens (tertiary/aromatic N) is 3. The van der Waals surface area contributed by atoms with Crippen molar-refractivity contribution in [3.63, 3.8) is 0 Å². The molecule has 1 unspecified atom stereocenters. The molecule has 0 aliphatic carbocycles. The van der Waals surface area contributed by atoms with Crippen LogP contribution in [0.5, 0.6) is 0 Å². The van der Waals surface area contributed by atoms with Crippen molar-refractivity contribution in [2.75, 3.05) is 0 Å². The van der Waals surface area contributed by atoms with Gasteiger partial charge in [-0.15, -0.1) is 0 Å². The van der Waals surface area contributed by atoms with E-state index in [4.69, 9.17) is 16.0 Å². The van der Waals surface area contributed by atoms with E-state index >= 15 is 0 Å². The van der Waals surface area contributed by atoms with Crippen molar-refractivity contribution < 1.29 is 17.6 Å². The largest absolute Gasteiger partial charge is 0.462 e. The van der Waals surface area contributed by atoms with Crippen LogP contribution >= 0.6 is 23.4 Å². The third kappa shape index (κ3) is 3.42. The van der Waals surface area contributed by atoms with Gasteiger partial charge in [0.25, 0.3) is 0 Å². The van der Waals surface area contributed by atoms with E-state index in [0.717, 1.165) is 0 Å². The molecule has 0 saturated heterocycles. The third-order valence-corrected chi connectivity index (χ3v) is 4.30. The highest BCUT2D eigenvalue weighted by Gasteiger charge is 2.35. The van der Waals surface area contributed by atoms with Gasteiger partial charge in [0.05, 0.1) is 17.1 Å². The number of halogens is 4. The average Bonchev–Trinajstić information content (AvgIpc) is 2.90. The Balaban J connectivity index is 1.93. The number of pyridine rings is 1. The molecule has 0 aliphatic rings. The molecular weight excluding hydrogens is 351 g/mol. The van der Waals surface area contributed by atoms with E-state index < -0.39 is 11.7 Å². The zero-order chi connectivity index (χ0) is 16.6. The van der Waals surface area contributed by atoms with Gasteiger partial charge in [0, 0.05) is 11.6 Å². The van der Waals surface area contributed by atoms with Crippen LogP contribution in [0.25, 0.3) is 11.0 Å². The van der Waals surface area contributed by atoms with Crippen LogP contribution < -0.4 is 0 Å². The molecule has 9 heteroatoms. The number of aromatic nitrogens is 3. The zero-order valence-corrected chi connectivity index (χ0v) is 13.2. The number of thioether (sulfide) groups is 1. The van der Waals surface area contributed by atoms with Crippen LogP contribution in [-0.4, -0.2) is 15.0 Å². The van der Waals surface area contributed by atoms with Gasteiger partial charge in [-0.1, -0.05) is 23.4 Å². The van der Waals surface area contributed by atoms with Gasteiger partial charge < -0.3 is 4.42 Å². The van der Waals surface area contributed by atoms with Gasteiger partial charge in [-0.05, 0) is 19.1 Å². The van der Waals surface area contributed by atoms with E-state index in [1.54, 1.807) is 13.0 Å². The molecule has 0 amide bonds. The molecular formula is C14H9ClF3N3OS. The summed E-state index contributed by atoms with van der Waals surface area (Å²) in [7, 11) is 0. The molecule has 3 aromatic rings. The second-order valence-electron chi connectivity index (χ2n) is 4.67. The molecule has 23 heavy (non-hydrogen) atoms.